The minimum Gasteiger partial charge on any atom is -0.340 e. The van der Waals surface area contributed by atoms with Crippen molar-refractivity contribution in [3.05, 3.63) is 69.8 Å². The lowest BCUT2D eigenvalue weighted by molar-refractivity contribution is 0.0954. The Balaban J connectivity index is 2.17. The standard InChI is InChI=1S/C17H16BrN3O/c1-11-16(17(22)20-19)14-7-2-3-8-15(14)21(11)10-12-5-4-6-13(18)9-12/h2-9H,10,19H2,1H3,(H,20,22). The molecule has 3 rings (SSSR count). The van der Waals surface area contributed by atoms with Crippen LogP contribution in [0.15, 0.2) is 53.0 Å². The lowest BCUT2D eigenvalue weighted by Crippen LogP contribution is -2.30. The van der Waals surface area contributed by atoms with Gasteiger partial charge in [0.15, 0.2) is 0 Å². The largest absolute Gasteiger partial charge is 0.340 e. The van der Waals surface area contributed by atoms with Crippen molar-refractivity contribution >= 4 is 32.7 Å². The van der Waals surface area contributed by atoms with Gasteiger partial charge in [-0.2, -0.15) is 0 Å². The van der Waals surface area contributed by atoms with Gasteiger partial charge in [0.25, 0.3) is 5.91 Å². The molecular formula is C17H16BrN3O. The van der Waals surface area contributed by atoms with Gasteiger partial charge in [0.05, 0.1) is 5.56 Å². The Hall–Kier alpha value is -2.11. The molecule has 1 aromatic heterocycles. The fourth-order valence-electron chi connectivity index (χ4n) is 2.81. The fourth-order valence-corrected chi connectivity index (χ4v) is 3.26. The van der Waals surface area contributed by atoms with Gasteiger partial charge in [-0.15, -0.1) is 0 Å². The molecule has 3 N–H and O–H groups in total. The Morgan fingerprint density at radius 1 is 1.23 bits per heavy atom. The third-order valence-electron chi connectivity index (χ3n) is 3.82. The minimum absolute atomic E-state index is 0.262. The number of nitrogens with two attached hydrogens (primary N) is 1. The second kappa shape index (κ2) is 5.94. The van der Waals surface area contributed by atoms with Crippen LogP contribution in [-0.2, 0) is 6.54 Å². The molecule has 0 aliphatic heterocycles. The molecule has 0 aliphatic carbocycles. The number of nitrogen functional groups attached to an aromatic ring is 1. The summed E-state index contributed by atoms with van der Waals surface area (Å²) in [5, 5.41) is 0.915. The van der Waals surface area contributed by atoms with Crippen LogP contribution < -0.4 is 11.3 Å². The average Bonchev–Trinajstić information content (AvgIpc) is 2.79. The summed E-state index contributed by atoms with van der Waals surface area (Å²) in [7, 11) is 0. The Morgan fingerprint density at radius 3 is 2.73 bits per heavy atom. The predicted octanol–water partition coefficient (Wildman–Crippen LogP) is 3.36. The molecule has 112 valence electrons. The maximum Gasteiger partial charge on any atom is 0.267 e. The van der Waals surface area contributed by atoms with E-state index in [0.29, 0.717) is 12.1 Å². The number of nitrogens with one attached hydrogen (secondary N) is 1. The van der Waals surface area contributed by atoms with Crippen molar-refractivity contribution in [1.82, 2.24) is 9.99 Å². The average molecular weight is 358 g/mol. The van der Waals surface area contributed by atoms with Gasteiger partial charge in [-0.25, -0.2) is 5.84 Å². The number of hydrogen-bond donors (Lipinski definition) is 2. The minimum atomic E-state index is -0.262. The lowest BCUT2D eigenvalue weighted by Gasteiger charge is -2.09. The number of rotatable bonds is 3. The van der Waals surface area contributed by atoms with Crippen LogP contribution in [-0.4, -0.2) is 10.5 Å². The fraction of sp³-hybridized carbons (Fsp3) is 0.118. The van der Waals surface area contributed by atoms with E-state index in [1.807, 2.05) is 43.3 Å². The third-order valence-corrected chi connectivity index (χ3v) is 4.31. The van der Waals surface area contributed by atoms with Crippen LogP contribution in [0.2, 0.25) is 0 Å². The SMILES string of the molecule is Cc1c(C(=O)NN)c2ccccc2n1Cc1cccc(Br)c1. The van der Waals surface area contributed by atoms with E-state index in [1.54, 1.807) is 0 Å². The summed E-state index contributed by atoms with van der Waals surface area (Å²) in [4.78, 5) is 12.1. The van der Waals surface area contributed by atoms with E-state index in [2.05, 4.69) is 38.1 Å². The normalized spacial score (nSPS) is 10.9. The number of benzene rings is 2. The molecule has 0 atom stereocenters. The highest BCUT2D eigenvalue weighted by Crippen LogP contribution is 2.27. The monoisotopic (exact) mass is 357 g/mol. The second-order valence-corrected chi connectivity index (χ2v) is 6.08. The highest BCUT2D eigenvalue weighted by molar-refractivity contribution is 9.10. The topological polar surface area (TPSA) is 60.1 Å². The number of aromatic nitrogens is 1. The highest BCUT2D eigenvalue weighted by atomic mass is 79.9. The first kappa shape index (κ1) is 14.8. The number of fused-ring (bicyclic) bond motifs is 1. The third kappa shape index (κ3) is 2.53. The van der Waals surface area contributed by atoms with Crippen molar-refractivity contribution < 1.29 is 4.79 Å². The Labute approximate surface area is 137 Å². The van der Waals surface area contributed by atoms with Crippen LogP contribution >= 0.6 is 15.9 Å². The number of halogens is 1. The van der Waals surface area contributed by atoms with E-state index < -0.39 is 0 Å². The number of carbonyl (C=O) groups excluding carboxylic acids is 1. The first-order valence-corrected chi connectivity index (χ1v) is 7.74. The molecule has 0 saturated heterocycles. The zero-order chi connectivity index (χ0) is 15.7. The number of para-hydroxylation sites is 1. The number of hydrogen-bond acceptors (Lipinski definition) is 2. The van der Waals surface area contributed by atoms with Crippen LogP contribution in [0, 0.1) is 6.92 Å². The van der Waals surface area contributed by atoms with E-state index >= 15 is 0 Å². The Morgan fingerprint density at radius 2 is 2.00 bits per heavy atom. The van der Waals surface area contributed by atoms with E-state index in [1.165, 1.54) is 0 Å². The maximum absolute atomic E-state index is 12.1. The van der Waals surface area contributed by atoms with Crippen molar-refractivity contribution in [1.29, 1.82) is 0 Å². The Kier molecular flexibility index (Phi) is 4.00. The van der Waals surface area contributed by atoms with Gasteiger partial charge in [-0.05, 0) is 30.7 Å². The van der Waals surface area contributed by atoms with Crippen molar-refractivity contribution in [3.8, 4) is 0 Å². The van der Waals surface area contributed by atoms with Gasteiger partial charge < -0.3 is 4.57 Å². The quantitative estimate of drug-likeness (QED) is 0.429. The van der Waals surface area contributed by atoms with Gasteiger partial charge in [0, 0.05) is 27.6 Å². The van der Waals surface area contributed by atoms with E-state index in [-0.39, 0.29) is 5.91 Å². The summed E-state index contributed by atoms with van der Waals surface area (Å²) in [5.41, 5.74) is 5.97. The zero-order valence-electron chi connectivity index (χ0n) is 12.1. The number of amides is 1. The maximum atomic E-state index is 12.1. The molecule has 0 radical (unpaired) electrons. The molecule has 4 nitrogen and oxygen atoms in total. The molecule has 2 aromatic carbocycles. The predicted molar refractivity (Wildman–Crippen MR) is 91.6 cm³/mol. The molecule has 0 saturated carbocycles. The highest BCUT2D eigenvalue weighted by Gasteiger charge is 2.19. The molecule has 1 heterocycles. The van der Waals surface area contributed by atoms with Gasteiger partial charge in [0.1, 0.15) is 0 Å². The van der Waals surface area contributed by atoms with Crippen LogP contribution in [0.25, 0.3) is 10.9 Å². The van der Waals surface area contributed by atoms with E-state index in [9.17, 15) is 4.79 Å². The van der Waals surface area contributed by atoms with Crippen molar-refractivity contribution in [2.75, 3.05) is 0 Å². The van der Waals surface area contributed by atoms with Crippen LogP contribution in [0.4, 0.5) is 0 Å². The number of nitrogens with zero attached hydrogens (tertiary/aromatic N) is 1. The van der Waals surface area contributed by atoms with Gasteiger partial charge >= 0.3 is 0 Å². The molecule has 5 heteroatoms. The summed E-state index contributed by atoms with van der Waals surface area (Å²) in [6, 6.07) is 16.0. The summed E-state index contributed by atoms with van der Waals surface area (Å²) in [6.07, 6.45) is 0. The number of hydrazine groups is 1. The molecule has 0 fully saturated rings. The number of carbonyl (C=O) groups is 1. The van der Waals surface area contributed by atoms with Crippen LogP contribution in [0.1, 0.15) is 21.6 Å². The van der Waals surface area contributed by atoms with Crippen molar-refractivity contribution in [3.63, 3.8) is 0 Å². The van der Waals surface area contributed by atoms with Gasteiger partial charge in [-0.1, -0.05) is 46.3 Å². The molecule has 1 amide bonds. The summed E-state index contributed by atoms with van der Waals surface area (Å²) < 4.78 is 3.18. The van der Waals surface area contributed by atoms with E-state index in [4.69, 9.17) is 5.84 Å². The molecule has 22 heavy (non-hydrogen) atoms. The van der Waals surface area contributed by atoms with Gasteiger partial charge in [-0.3, -0.25) is 10.2 Å². The summed E-state index contributed by atoms with van der Waals surface area (Å²) in [6.45, 7) is 2.65. The summed E-state index contributed by atoms with van der Waals surface area (Å²) >= 11 is 3.49. The molecule has 0 unspecified atom stereocenters. The van der Waals surface area contributed by atoms with Crippen molar-refractivity contribution in [2.24, 2.45) is 5.84 Å². The summed E-state index contributed by atoms with van der Waals surface area (Å²) in [5.74, 6) is 5.07. The van der Waals surface area contributed by atoms with Crippen LogP contribution in [0.5, 0.6) is 0 Å². The van der Waals surface area contributed by atoms with E-state index in [0.717, 1.165) is 26.6 Å². The molecule has 3 aromatic rings. The first-order chi connectivity index (χ1) is 10.6. The zero-order valence-corrected chi connectivity index (χ0v) is 13.7. The molecule has 0 spiro atoms. The van der Waals surface area contributed by atoms with Gasteiger partial charge in [0.2, 0.25) is 0 Å². The molecule has 0 bridgehead atoms. The van der Waals surface area contributed by atoms with Crippen LogP contribution in [0.3, 0.4) is 0 Å². The Bertz CT molecular complexity index is 854. The van der Waals surface area contributed by atoms with Crippen molar-refractivity contribution in [2.45, 2.75) is 13.5 Å². The molecule has 0 aliphatic rings. The second-order valence-electron chi connectivity index (χ2n) is 5.17. The first-order valence-electron chi connectivity index (χ1n) is 6.95. The lowest BCUT2D eigenvalue weighted by atomic mass is 10.1. The smallest absolute Gasteiger partial charge is 0.267 e. The molecular weight excluding hydrogens is 342 g/mol.